The van der Waals surface area contributed by atoms with Crippen molar-refractivity contribution in [1.29, 1.82) is 5.26 Å². The molecule has 0 N–H and O–H groups in total. The molecule has 70 valence electrons. The van der Waals surface area contributed by atoms with Gasteiger partial charge in [0.15, 0.2) is 5.54 Å². The van der Waals surface area contributed by atoms with E-state index in [4.69, 9.17) is 10.00 Å². The molecule has 13 heavy (non-hydrogen) atoms. The van der Waals surface area contributed by atoms with Gasteiger partial charge in [-0.3, -0.25) is 0 Å². The Bertz CT molecular complexity index is 265. The summed E-state index contributed by atoms with van der Waals surface area (Å²) in [5, 5.41) is 8.97. The minimum Gasteiger partial charge on any atom is -0.378 e. The van der Waals surface area contributed by atoms with Crippen molar-refractivity contribution in [2.45, 2.75) is 37.3 Å². The van der Waals surface area contributed by atoms with E-state index in [2.05, 4.69) is 11.1 Å². The van der Waals surface area contributed by atoms with Gasteiger partial charge >= 0.3 is 0 Å². The highest BCUT2D eigenvalue weighted by Gasteiger charge is 2.41. The Kier molecular flexibility index (Phi) is 3.18. The van der Waals surface area contributed by atoms with E-state index in [1.165, 1.54) is 6.08 Å². The molecule has 0 heterocycles. The van der Waals surface area contributed by atoms with Crippen molar-refractivity contribution in [1.82, 2.24) is 0 Å². The predicted molar refractivity (Wildman–Crippen MR) is 45.7 cm³/mol. The maximum atomic E-state index is 10.2. The number of ether oxygens (including phenoxy) is 1. The van der Waals surface area contributed by atoms with Crippen LogP contribution in [-0.2, 0) is 9.53 Å². The lowest BCUT2D eigenvalue weighted by atomic mass is 9.81. The molecule has 0 radical (unpaired) electrons. The summed E-state index contributed by atoms with van der Waals surface area (Å²) < 4.78 is 5.16. The molecule has 1 aliphatic rings. The molecule has 1 fully saturated rings. The lowest BCUT2D eigenvalue weighted by Crippen LogP contribution is -2.43. The Morgan fingerprint density at radius 1 is 1.62 bits per heavy atom. The molecule has 0 saturated heterocycles. The number of rotatable bonds is 2. The standard InChI is InChI=1S/C9H12N2O2/c1-13-8-4-2-3-5-9(8,6-10)11-7-12/h8H,2-5H2,1H3. The van der Waals surface area contributed by atoms with Crippen LogP contribution in [0.5, 0.6) is 0 Å². The summed E-state index contributed by atoms with van der Waals surface area (Å²) in [7, 11) is 1.54. The van der Waals surface area contributed by atoms with Gasteiger partial charge in [-0.1, -0.05) is 6.42 Å². The molecule has 0 amide bonds. The van der Waals surface area contributed by atoms with Crippen LogP contribution in [0.3, 0.4) is 0 Å². The van der Waals surface area contributed by atoms with E-state index in [1.807, 2.05) is 0 Å². The van der Waals surface area contributed by atoms with E-state index in [-0.39, 0.29) is 6.10 Å². The maximum absolute atomic E-state index is 10.2. The van der Waals surface area contributed by atoms with Crippen LogP contribution < -0.4 is 0 Å². The van der Waals surface area contributed by atoms with Crippen LogP contribution in [0.15, 0.2) is 4.99 Å². The predicted octanol–water partition coefficient (Wildman–Crippen LogP) is 1.17. The summed E-state index contributed by atoms with van der Waals surface area (Å²) in [6.07, 6.45) is 4.53. The summed E-state index contributed by atoms with van der Waals surface area (Å²) in [6, 6.07) is 2.07. The van der Waals surface area contributed by atoms with E-state index >= 15 is 0 Å². The normalized spacial score (nSPS) is 33.1. The zero-order valence-corrected chi connectivity index (χ0v) is 7.62. The zero-order chi connectivity index (χ0) is 9.73. The summed E-state index contributed by atoms with van der Waals surface area (Å²) in [5.74, 6) is 0. The van der Waals surface area contributed by atoms with Crippen LogP contribution >= 0.6 is 0 Å². The third-order valence-electron chi connectivity index (χ3n) is 2.53. The third-order valence-corrected chi connectivity index (χ3v) is 2.53. The average Bonchev–Trinajstić information content (AvgIpc) is 2.19. The van der Waals surface area contributed by atoms with Gasteiger partial charge < -0.3 is 4.74 Å². The number of hydrogen-bond acceptors (Lipinski definition) is 4. The van der Waals surface area contributed by atoms with Crippen LogP contribution in [0.2, 0.25) is 0 Å². The quantitative estimate of drug-likeness (QED) is 0.473. The van der Waals surface area contributed by atoms with Crippen molar-refractivity contribution in [3.05, 3.63) is 0 Å². The lowest BCUT2D eigenvalue weighted by molar-refractivity contribution is 0.0300. The molecule has 1 rings (SSSR count). The summed E-state index contributed by atoms with van der Waals surface area (Å²) in [4.78, 5) is 13.8. The Balaban J connectivity index is 2.92. The Morgan fingerprint density at radius 2 is 2.38 bits per heavy atom. The van der Waals surface area contributed by atoms with Crippen LogP contribution in [-0.4, -0.2) is 24.8 Å². The molecular formula is C9H12N2O2. The fourth-order valence-electron chi connectivity index (χ4n) is 1.80. The lowest BCUT2D eigenvalue weighted by Gasteiger charge is -2.33. The molecule has 0 aliphatic heterocycles. The molecule has 2 atom stereocenters. The van der Waals surface area contributed by atoms with Gasteiger partial charge in [-0.2, -0.15) is 10.3 Å². The largest absolute Gasteiger partial charge is 0.378 e. The van der Waals surface area contributed by atoms with Gasteiger partial charge in [0.1, 0.15) is 0 Å². The molecule has 4 heteroatoms. The molecule has 0 aromatic rings. The molecular weight excluding hydrogens is 168 g/mol. The first-order valence-corrected chi connectivity index (χ1v) is 4.32. The van der Waals surface area contributed by atoms with Crippen molar-refractivity contribution >= 4 is 6.08 Å². The fourth-order valence-corrected chi connectivity index (χ4v) is 1.80. The molecule has 1 saturated carbocycles. The molecule has 4 nitrogen and oxygen atoms in total. The number of isocyanates is 1. The van der Waals surface area contributed by atoms with Crippen molar-refractivity contribution in [3.8, 4) is 6.07 Å². The summed E-state index contributed by atoms with van der Waals surface area (Å²) in [6.45, 7) is 0. The first kappa shape index (κ1) is 9.91. The number of nitriles is 1. The minimum absolute atomic E-state index is 0.257. The molecule has 0 bridgehead atoms. The second kappa shape index (κ2) is 4.18. The van der Waals surface area contributed by atoms with Crippen molar-refractivity contribution in [3.63, 3.8) is 0 Å². The minimum atomic E-state index is -0.977. The van der Waals surface area contributed by atoms with Gasteiger partial charge in [0.05, 0.1) is 12.2 Å². The average molecular weight is 180 g/mol. The van der Waals surface area contributed by atoms with Gasteiger partial charge in [-0.25, -0.2) is 4.79 Å². The van der Waals surface area contributed by atoms with E-state index in [0.717, 1.165) is 19.3 Å². The van der Waals surface area contributed by atoms with Crippen molar-refractivity contribution in [2.24, 2.45) is 4.99 Å². The van der Waals surface area contributed by atoms with Crippen LogP contribution in [0.4, 0.5) is 0 Å². The molecule has 0 spiro atoms. The van der Waals surface area contributed by atoms with Crippen LogP contribution in [0, 0.1) is 11.3 Å². The highest BCUT2D eigenvalue weighted by atomic mass is 16.5. The van der Waals surface area contributed by atoms with Gasteiger partial charge in [-0.05, 0) is 19.3 Å². The number of aliphatic imine (C=N–C) groups is 1. The Morgan fingerprint density at radius 3 is 2.92 bits per heavy atom. The monoisotopic (exact) mass is 180 g/mol. The molecule has 0 aromatic carbocycles. The number of nitrogens with zero attached hydrogens (tertiary/aromatic N) is 2. The fraction of sp³-hybridized carbons (Fsp3) is 0.778. The molecule has 0 aromatic heterocycles. The van der Waals surface area contributed by atoms with Gasteiger partial charge in [0, 0.05) is 7.11 Å². The SMILES string of the molecule is COC1CCCCC1(C#N)N=C=O. The highest BCUT2D eigenvalue weighted by Crippen LogP contribution is 2.32. The van der Waals surface area contributed by atoms with E-state index < -0.39 is 5.54 Å². The van der Waals surface area contributed by atoms with Gasteiger partial charge in [0.2, 0.25) is 6.08 Å². The summed E-state index contributed by atoms with van der Waals surface area (Å²) >= 11 is 0. The van der Waals surface area contributed by atoms with Crippen LogP contribution in [0.25, 0.3) is 0 Å². The third kappa shape index (κ3) is 1.77. The highest BCUT2D eigenvalue weighted by molar-refractivity contribution is 5.38. The zero-order valence-electron chi connectivity index (χ0n) is 7.62. The van der Waals surface area contributed by atoms with Crippen LogP contribution in [0.1, 0.15) is 25.7 Å². The summed E-state index contributed by atoms with van der Waals surface area (Å²) in [5.41, 5.74) is -0.977. The second-order valence-electron chi connectivity index (χ2n) is 3.21. The topological polar surface area (TPSA) is 62.4 Å². The van der Waals surface area contributed by atoms with Gasteiger partial charge in [-0.15, -0.1) is 0 Å². The van der Waals surface area contributed by atoms with Crippen molar-refractivity contribution < 1.29 is 9.53 Å². The Hall–Kier alpha value is -1.17. The first-order valence-electron chi connectivity index (χ1n) is 4.32. The Labute approximate surface area is 77.2 Å². The number of carbonyl (C=O) groups excluding carboxylic acids is 1. The molecule has 2 unspecified atom stereocenters. The van der Waals surface area contributed by atoms with E-state index in [1.54, 1.807) is 7.11 Å². The first-order chi connectivity index (χ1) is 6.29. The smallest absolute Gasteiger partial charge is 0.236 e. The number of methoxy groups -OCH3 is 1. The van der Waals surface area contributed by atoms with E-state index in [9.17, 15) is 4.79 Å². The second-order valence-corrected chi connectivity index (χ2v) is 3.21. The van der Waals surface area contributed by atoms with Gasteiger partial charge in [0.25, 0.3) is 0 Å². The maximum Gasteiger partial charge on any atom is 0.236 e. The van der Waals surface area contributed by atoms with E-state index in [0.29, 0.717) is 6.42 Å². The molecule has 1 aliphatic carbocycles. The number of hydrogen-bond donors (Lipinski definition) is 0. The van der Waals surface area contributed by atoms with Crippen molar-refractivity contribution in [2.75, 3.05) is 7.11 Å².